The number of nitrogens with one attached hydrogen (secondary N) is 2. The molecule has 168 valence electrons. The van der Waals surface area contributed by atoms with Crippen molar-refractivity contribution in [1.82, 2.24) is 20.2 Å². The Balaban J connectivity index is 1.35. The minimum absolute atomic E-state index is 0.0275. The molecule has 1 aromatic heterocycles. The van der Waals surface area contributed by atoms with E-state index in [9.17, 15) is 4.79 Å². The molecule has 5 nitrogen and oxygen atoms in total. The summed E-state index contributed by atoms with van der Waals surface area (Å²) in [6, 6.07) is 0. The highest BCUT2D eigenvalue weighted by Gasteiger charge is 2.37. The van der Waals surface area contributed by atoms with E-state index in [1.807, 2.05) is 18.7 Å². The third kappa shape index (κ3) is 5.92. The molecular weight excluding hydrogens is 419 g/mol. The van der Waals surface area contributed by atoms with Crippen LogP contribution in [0.4, 0.5) is 0 Å². The number of imidazole rings is 1. The van der Waals surface area contributed by atoms with Crippen molar-refractivity contribution < 1.29 is 4.79 Å². The summed E-state index contributed by atoms with van der Waals surface area (Å²) in [5.41, 5.74) is 0. The fraction of sp³-hybridized carbons (Fsp3) is 0.826. The highest BCUT2D eigenvalue weighted by molar-refractivity contribution is 6.30. The molecule has 0 aromatic carbocycles. The minimum Gasteiger partial charge on any atom is -0.356 e. The normalized spacial score (nSPS) is 37.6. The van der Waals surface area contributed by atoms with Crippen LogP contribution in [0, 0.1) is 29.6 Å². The lowest BCUT2D eigenvalue weighted by Crippen LogP contribution is -2.43. The van der Waals surface area contributed by atoms with Crippen molar-refractivity contribution in [1.29, 1.82) is 0 Å². The Morgan fingerprint density at radius 1 is 1.07 bits per heavy atom. The van der Waals surface area contributed by atoms with Gasteiger partial charge in [0, 0.05) is 36.8 Å². The minimum atomic E-state index is 0.0275. The van der Waals surface area contributed by atoms with E-state index in [-0.39, 0.29) is 22.6 Å². The van der Waals surface area contributed by atoms with Crippen LogP contribution in [-0.2, 0) is 11.3 Å². The van der Waals surface area contributed by atoms with Gasteiger partial charge in [0.15, 0.2) is 0 Å². The third-order valence-electron chi connectivity index (χ3n) is 7.61. The molecule has 0 bridgehead atoms. The molecule has 7 unspecified atom stereocenters. The molecule has 3 aliphatic rings. The largest absolute Gasteiger partial charge is 0.356 e. The topological polar surface area (TPSA) is 59.0 Å². The molecule has 1 saturated heterocycles. The van der Waals surface area contributed by atoms with Gasteiger partial charge < -0.3 is 15.2 Å². The molecule has 0 radical (unpaired) electrons. The summed E-state index contributed by atoms with van der Waals surface area (Å²) in [7, 11) is 0. The van der Waals surface area contributed by atoms with E-state index >= 15 is 0 Å². The second kappa shape index (κ2) is 10.7. The monoisotopic (exact) mass is 454 g/mol. The molecule has 3 fully saturated rings. The Kier molecular flexibility index (Phi) is 7.99. The smallest absolute Gasteiger partial charge is 0.223 e. The van der Waals surface area contributed by atoms with Crippen molar-refractivity contribution in [2.24, 2.45) is 29.6 Å². The second-order valence-corrected chi connectivity index (χ2v) is 11.0. The number of hydrogen-bond donors (Lipinski definition) is 2. The van der Waals surface area contributed by atoms with E-state index in [2.05, 4.69) is 20.2 Å². The van der Waals surface area contributed by atoms with Gasteiger partial charge in [0.1, 0.15) is 0 Å². The van der Waals surface area contributed by atoms with Crippen LogP contribution in [-0.4, -0.2) is 45.8 Å². The van der Waals surface area contributed by atoms with Crippen LogP contribution in [0.25, 0.3) is 0 Å². The molecule has 1 amide bonds. The van der Waals surface area contributed by atoms with Crippen molar-refractivity contribution >= 4 is 29.1 Å². The number of carbonyl (C=O) groups excluding carboxylic acids is 1. The highest BCUT2D eigenvalue weighted by Crippen LogP contribution is 2.40. The number of alkyl halides is 2. The van der Waals surface area contributed by atoms with Gasteiger partial charge >= 0.3 is 0 Å². The second-order valence-electron chi connectivity index (χ2n) is 9.85. The Bertz CT molecular complexity index is 664. The number of rotatable bonds is 6. The summed E-state index contributed by atoms with van der Waals surface area (Å²) in [5.74, 6) is 2.70. The van der Waals surface area contributed by atoms with E-state index < -0.39 is 0 Å². The van der Waals surface area contributed by atoms with Crippen molar-refractivity contribution in [3.63, 3.8) is 0 Å². The molecule has 2 N–H and O–H groups in total. The zero-order valence-corrected chi connectivity index (χ0v) is 19.3. The van der Waals surface area contributed by atoms with Crippen LogP contribution >= 0.6 is 23.2 Å². The van der Waals surface area contributed by atoms with Gasteiger partial charge in [0.05, 0.1) is 11.7 Å². The number of nitrogens with zero attached hydrogens (tertiary/aromatic N) is 2. The lowest BCUT2D eigenvalue weighted by atomic mass is 9.68. The van der Waals surface area contributed by atoms with Crippen LogP contribution in [0.3, 0.4) is 0 Å². The maximum Gasteiger partial charge on any atom is 0.223 e. The summed E-state index contributed by atoms with van der Waals surface area (Å²) < 4.78 is 2.17. The van der Waals surface area contributed by atoms with E-state index in [0.29, 0.717) is 23.7 Å². The summed E-state index contributed by atoms with van der Waals surface area (Å²) in [4.78, 5) is 17.4. The molecule has 7 heteroatoms. The fourth-order valence-electron chi connectivity index (χ4n) is 5.94. The van der Waals surface area contributed by atoms with Crippen LogP contribution in [0.2, 0.25) is 0 Å². The number of aromatic nitrogens is 2. The first-order valence-electron chi connectivity index (χ1n) is 11.8. The Morgan fingerprint density at radius 2 is 1.97 bits per heavy atom. The average molecular weight is 455 g/mol. The highest BCUT2D eigenvalue weighted by atomic mass is 35.5. The summed E-state index contributed by atoms with van der Waals surface area (Å²) in [5, 5.41) is 6.96. The lowest BCUT2D eigenvalue weighted by Gasteiger charge is -2.40. The maximum absolute atomic E-state index is 13.2. The number of carbonyl (C=O) groups is 1. The van der Waals surface area contributed by atoms with Crippen LogP contribution < -0.4 is 10.6 Å². The molecule has 2 aliphatic carbocycles. The number of piperidine rings is 1. The van der Waals surface area contributed by atoms with Gasteiger partial charge in [-0.05, 0) is 88.1 Å². The average Bonchev–Trinajstić information content (AvgIpc) is 3.28. The van der Waals surface area contributed by atoms with E-state index in [1.165, 1.54) is 19.3 Å². The summed E-state index contributed by atoms with van der Waals surface area (Å²) in [6.45, 7) is 3.95. The van der Waals surface area contributed by atoms with Crippen molar-refractivity contribution in [3.05, 3.63) is 18.7 Å². The molecule has 2 saturated carbocycles. The fourth-order valence-corrected chi connectivity index (χ4v) is 6.55. The molecule has 2 heterocycles. The molecule has 1 aliphatic heterocycles. The van der Waals surface area contributed by atoms with Crippen molar-refractivity contribution in [3.8, 4) is 0 Å². The molecule has 1 aromatic rings. The third-order valence-corrected chi connectivity index (χ3v) is 8.74. The van der Waals surface area contributed by atoms with Gasteiger partial charge in [-0.1, -0.05) is 0 Å². The van der Waals surface area contributed by atoms with Gasteiger partial charge in [-0.15, -0.1) is 23.2 Å². The molecule has 0 spiro atoms. The predicted molar refractivity (Wildman–Crippen MR) is 122 cm³/mol. The first-order valence-corrected chi connectivity index (χ1v) is 12.7. The summed E-state index contributed by atoms with van der Waals surface area (Å²) in [6.07, 6.45) is 14.5. The van der Waals surface area contributed by atoms with Crippen molar-refractivity contribution in [2.45, 2.75) is 68.7 Å². The molecular formula is C23H36Cl2N4O. The van der Waals surface area contributed by atoms with Crippen molar-refractivity contribution in [2.75, 3.05) is 19.6 Å². The van der Waals surface area contributed by atoms with Gasteiger partial charge in [-0.3, -0.25) is 4.79 Å². The Labute approximate surface area is 190 Å². The summed E-state index contributed by atoms with van der Waals surface area (Å²) >= 11 is 12.6. The van der Waals surface area contributed by atoms with Crippen LogP contribution in [0.5, 0.6) is 0 Å². The molecule has 7 atom stereocenters. The molecule has 4 rings (SSSR count). The van der Waals surface area contributed by atoms with Gasteiger partial charge in [-0.25, -0.2) is 4.98 Å². The van der Waals surface area contributed by atoms with Gasteiger partial charge in [0.2, 0.25) is 5.91 Å². The standard InChI is InChI=1S/C23H36Cl2N4O/c24-21-4-3-16(10-22(21)25)12-28-23(30)20-9-17(14-29-7-6-27-15-29)8-19(11-20)18-2-1-5-26-13-18/h6-7,15-22,26H,1-5,8-14H2,(H,28,30). The number of hydrogen-bond acceptors (Lipinski definition) is 3. The number of halogens is 2. The van der Waals surface area contributed by atoms with E-state index in [4.69, 9.17) is 23.2 Å². The maximum atomic E-state index is 13.2. The first-order chi connectivity index (χ1) is 14.6. The lowest BCUT2D eigenvalue weighted by molar-refractivity contribution is -0.127. The zero-order valence-electron chi connectivity index (χ0n) is 17.8. The van der Waals surface area contributed by atoms with Gasteiger partial charge in [-0.2, -0.15) is 0 Å². The zero-order chi connectivity index (χ0) is 20.9. The van der Waals surface area contributed by atoms with E-state index in [1.54, 1.807) is 0 Å². The number of amides is 1. The molecule has 30 heavy (non-hydrogen) atoms. The first kappa shape index (κ1) is 22.4. The quantitative estimate of drug-likeness (QED) is 0.637. The Morgan fingerprint density at radius 3 is 2.70 bits per heavy atom. The predicted octanol–water partition coefficient (Wildman–Crippen LogP) is 4.05. The Hall–Kier alpha value is -0.780. The van der Waals surface area contributed by atoms with E-state index in [0.717, 1.165) is 58.3 Å². The van der Waals surface area contributed by atoms with Gasteiger partial charge in [0.25, 0.3) is 0 Å². The van der Waals surface area contributed by atoms with Crippen LogP contribution in [0.1, 0.15) is 51.4 Å². The SMILES string of the molecule is O=C(NCC1CCC(Cl)C(Cl)C1)C1CC(Cn2ccnc2)CC(C2CCCNC2)C1. The van der Waals surface area contributed by atoms with Crippen LogP contribution in [0.15, 0.2) is 18.7 Å².